The van der Waals surface area contributed by atoms with E-state index < -0.39 is 0 Å². The molecule has 1 aliphatic rings. The Hall–Kier alpha value is -0.610. The topological polar surface area (TPSA) is 46.1 Å². The summed E-state index contributed by atoms with van der Waals surface area (Å²) in [5.41, 5.74) is 1.08. The summed E-state index contributed by atoms with van der Waals surface area (Å²) < 4.78 is 5.57. The van der Waals surface area contributed by atoms with Crippen molar-refractivity contribution in [3.63, 3.8) is 0 Å². The lowest BCUT2D eigenvalue weighted by Gasteiger charge is -2.16. The average Bonchev–Trinajstić information content (AvgIpc) is 2.76. The lowest BCUT2D eigenvalue weighted by molar-refractivity contribution is -0.696. The molecule has 0 unspecified atom stereocenters. The van der Waals surface area contributed by atoms with E-state index in [4.69, 9.17) is 16.3 Å². The highest BCUT2D eigenvalue weighted by Crippen LogP contribution is 2.14. The van der Waals surface area contributed by atoms with Crippen LogP contribution in [0.4, 0.5) is 0 Å². The van der Waals surface area contributed by atoms with Crippen LogP contribution in [-0.2, 0) is 11.3 Å². The summed E-state index contributed by atoms with van der Waals surface area (Å²) in [6, 6.07) is 8.31. The van der Waals surface area contributed by atoms with Gasteiger partial charge in [-0.15, -0.1) is 0 Å². The summed E-state index contributed by atoms with van der Waals surface area (Å²) >= 11 is 5.84. The van der Waals surface area contributed by atoms with Gasteiger partial charge in [0.15, 0.2) is 0 Å². The molecular weight excluding hydrogens is 286 g/mol. The monoisotopic (exact) mass is 312 g/mol. The number of rotatable bonds is 7. The third-order valence-corrected chi connectivity index (χ3v) is 4.39. The zero-order valence-corrected chi connectivity index (χ0v) is 13.4. The fraction of sp³-hybridized carbons (Fsp3) is 0.647. The first-order chi connectivity index (χ1) is 10.2. The fourth-order valence-corrected chi connectivity index (χ4v) is 2.98. The number of hydrogen-bond donors (Lipinski definition) is 2. The Bertz CT molecular complexity index is 388. The number of halogens is 1. The standard InChI is InChI=1S/C17H26ClNO2/c18-15-9-7-14(8-10-15)12-21-13-17(20)11-19-16-5-3-1-2-4-6-16/h7-10,16-17,19-20H,1-6,11-13H2/p+1/t17-/m1/s1. The number of benzene rings is 1. The van der Waals surface area contributed by atoms with Gasteiger partial charge in [0.1, 0.15) is 12.6 Å². The molecule has 0 aromatic heterocycles. The van der Waals surface area contributed by atoms with Gasteiger partial charge in [-0.3, -0.25) is 0 Å². The predicted molar refractivity (Wildman–Crippen MR) is 85.4 cm³/mol. The number of quaternary nitrogens is 1. The summed E-state index contributed by atoms with van der Waals surface area (Å²) in [7, 11) is 0. The zero-order chi connectivity index (χ0) is 14.9. The fourth-order valence-electron chi connectivity index (χ4n) is 2.86. The van der Waals surface area contributed by atoms with E-state index in [9.17, 15) is 5.11 Å². The maximum atomic E-state index is 9.99. The number of hydrogen-bond acceptors (Lipinski definition) is 2. The predicted octanol–water partition coefficient (Wildman–Crippen LogP) is 2.50. The maximum Gasteiger partial charge on any atom is 0.126 e. The van der Waals surface area contributed by atoms with Crippen LogP contribution in [0.2, 0.25) is 5.02 Å². The van der Waals surface area contributed by atoms with Gasteiger partial charge >= 0.3 is 0 Å². The molecule has 2 rings (SSSR count). The Balaban J connectivity index is 1.58. The third-order valence-electron chi connectivity index (χ3n) is 4.13. The number of ether oxygens (including phenoxy) is 1. The molecule has 0 spiro atoms. The highest BCUT2D eigenvalue weighted by Gasteiger charge is 2.16. The SMILES string of the molecule is O[C@H](C[NH2+]C1CCCCCC1)COCc1ccc(Cl)cc1. The summed E-state index contributed by atoms with van der Waals surface area (Å²) in [4.78, 5) is 0. The molecule has 1 fully saturated rings. The van der Waals surface area contributed by atoms with E-state index >= 15 is 0 Å². The second-order valence-electron chi connectivity index (χ2n) is 6.02. The van der Waals surface area contributed by atoms with Crippen LogP contribution < -0.4 is 5.32 Å². The molecule has 0 bridgehead atoms. The van der Waals surface area contributed by atoms with Crippen molar-refractivity contribution in [2.24, 2.45) is 0 Å². The van der Waals surface area contributed by atoms with E-state index in [0.717, 1.165) is 17.1 Å². The van der Waals surface area contributed by atoms with Crippen LogP contribution in [0.1, 0.15) is 44.1 Å². The smallest absolute Gasteiger partial charge is 0.126 e. The Morgan fingerprint density at radius 3 is 2.48 bits per heavy atom. The first-order valence-corrected chi connectivity index (χ1v) is 8.45. The molecule has 1 aliphatic carbocycles. The van der Waals surface area contributed by atoms with Crippen molar-refractivity contribution < 1.29 is 15.2 Å². The molecular formula is C17H27ClNO2+. The van der Waals surface area contributed by atoms with Gasteiger partial charge in [-0.05, 0) is 43.4 Å². The van der Waals surface area contributed by atoms with Gasteiger partial charge in [0, 0.05) is 5.02 Å². The summed E-state index contributed by atoms with van der Waals surface area (Å²) in [6.07, 6.45) is 7.61. The van der Waals surface area contributed by atoms with Crippen molar-refractivity contribution in [1.29, 1.82) is 0 Å². The minimum Gasteiger partial charge on any atom is -0.385 e. The van der Waals surface area contributed by atoms with Gasteiger partial charge in [-0.1, -0.05) is 36.6 Å². The average molecular weight is 313 g/mol. The largest absolute Gasteiger partial charge is 0.385 e. The van der Waals surface area contributed by atoms with Gasteiger partial charge in [-0.2, -0.15) is 0 Å². The second kappa shape index (κ2) is 9.42. The Morgan fingerprint density at radius 2 is 1.81 bits per heavy atom. The van der Waals surface area contributed by atoms with E-state index in [1.165, 1.54) is 38.5 Å². The van der Waals surface area contributed by atoms with E-state index in [0.29, 0.717) is 19.3 Å². The van der Waals surface area contributed by atoms with Crippen molar-refractivity contribution in [2.45, 2.75) is 57.3 Å². The number of nitrogens with two attached hydrogens (primary N) is 1. The molecule has 118 valence electrons. The highest BCUT2D eigenvalue weighted by atomic mass is 35.5. The van der Waals surface area contributed by atoms with Crippen molar-refractivity contribution in [2.75, 3.05) is 13.2 Å². The molecule has 1 atom stereocenters. The van der Waals surface area contributed by atoms with Gasteiger partial charge in [0.05, 0.1) is 19.3 Å². The minimum atomic E-state index is -0.388. The summed E-state index contributed by atoms with van der Waals surface area (Å²) in [6.45, 7) is 1.66. The van der Waals surface area contributed by atoms with Crippen LogP contribution in [0.15, 0.2) is 24.3 Å². The Kier molecular flexibility index (Phi) is 7.51. The summed E-state index contributed by atoms with van der Waals surface area (Å²) in [5.74, 6) is 0. The van der Waals surface area contributed by atoms with Crippen LogP contribution in [0, 0.1) is 0 Å². The quantitative estimate of drug-likeness (QED) is 0.760. The van der Waals surface area contributed by atoms with E-state index in [1.807, 2.05) is 24.3 Å². The lowest BCUT2D eigenvalue weighted by Crippen LogP contribution is -2.91. The second-order valence-corrected chi connectivity index (χ2v) is 6.45. The molecule has 1 aromatic carbocycles. The van der Waals surface area contributed by atoms with Crippen LogP contribution in [0.25, 0.3) is 0 Å². The number of aliphatic hydroxyl groups excluding tert-OH is 1. The molecule has 1 saturated carbocycles. The van der Waals surface area contributed by atoms with Gasteiger partial charge in [0.25, 0.3) is 0 Å². The van der Waals surface area contributed by atoms with Gasteiger partial charge in [-0.25, -0.2) is 0 Å². The molecule has 0 heterocycles. The summed E-state index contributed by atoms with van der Waals surface area (Å²) in [5, 5.41) is 13.0. The van der Waals surface area contributed by atoms with Crippen molar-refractivity contribution in [3.05, 3.63) is 34.9 Å². The van der Waals surface area contributed by atoms with Gasteiger partial charge in [0.2, 0.25) is 0 Å². The van der Waals surface area contributed by atoms with Gasteiger partial charge < -0.3 is 15.2 Å². The molecule has 0 radical (unpaired) electrons. The molecule has 3 N–H and O–H groups in total. The van der Waals surface area contributed by atoms with Crippen LogP contribution in [0.3, 0.4) is 0 Å². The van der Waals surface area contributed by atoms with E-state index in [2.05, 4.69) is 5.32 Å². The van der Waals surface area contributed by atoms with E-state index in [-0.39, 0.29) is 6.10 Å². The lowest BCUT2D eigenvalue weighted by atomic mass is 10.1. The van der Waals surface area contributed by atoms with Crippen LogP contribution >= 0.6 is 11.6 Å². The van der Waals surface area contributed by atoms with Crippen LogP contribution in [-0.4, -0.2) is 30.4 Å². The van der Waals surface area contributed by atoms with E-state index in [1.54, 1.807) is 0 Å². The minimum absolute atomic E-state index is 0.388. The third kappa shape index (κ3) is 6.79. The molecule has 0 aliphatic heterocycles. The molecule has 3 nitrogen and oxygen atoms in total. The molecule has 0 saturated heterocycles. The zero-order valence-electron chi connectivity index (χ0n) is 12.6. The van der Waals surface area contributed by atoms with Crippen molar-refractivity contribution >= 4 is 11.6 Å². The van der Waals surface area contributed by atoms with Crippen LogP contribution in [0.5, 0.6) is 0 Å². The first-order valence-electron chi connectivity index (χ1n) is 8.07. The maximum absolute atomic E-state index is 9.99. The van der Waals surface area contributed by atoms with Crippen molar-refractivity contribution in [1.82, 2.24) is 0 Å². The normalized spacial score (nSPS) is 18.4. The molecule has 1 aromatic rings. The first kappa shape index (κ1) is 16.8. The molecule has 4 heteroatoms. The molecule has 0 amide bonds. The Labute approximate surface area is 132 Å². The Morgan fingerprint density at radius 1 is 1.14 bits per heavy atom. The molecule has 21 heavy (non-hydrogen) atoms. The number of aliphatic hydroxyl groups is 1. The highest BCUT2D eigenvalue weighted by molar-refractivity contribution is 6.30. The van der Waals surface area contributed by atoms with Crippen molar-refractivity contribution in [3.8, 4) is 0 Å².